The first-order valence-corrected chi connectivity index (χ1v) is 11.7. The number of carbonyl (C=O) groups is 2. The van der Waals surface area contributed by atoms with Crippen LogP contribution < -0.4 is 20.7 Å². The Morgan fingerprint density at radius 3 is 2.26 bits per heavy atom. The number of nitrogens with zero attached hydrogens (tertiary/aromatic N) is 3. The SMILES string of the molecule is CNC(=O)c1cc(Oc2ccc(NC(=O)Nc3c(C)c(C(C)C)nn3-c3cc(F)cc(F)c3)cc2)ccn1. The van der Waals surface area contributed by atoms with Crippen LogP contribution in [0.4, 0.5) is 25.1 Å². The van der Waals surface area contributed by atoms with E-state index < -0.39 is 17.7 Å². The fourth-order valence-electron chi connectivity index (χ4n) is 3.80. The van der Waals surface area contributed by atoms with Gasteiger partial charge < -0.3 is 15.4 Å². The van der Waals surface area contributed by atoms with E-state index in [4.69, 9.17) is 4.74 Å². The van der Waals surface area contributed by atoms with Gasteiger partial charge in [-0.15, -0.1) is 0 Å². The van der Waals surface area contributed by atoms with Crippen LogP contribution in [0.2, 0.25) is 0 Å². The van der Waals surface area contributed by atoms with Gasteiger partial charge in [0.05, 0.1) is 11.4 Å². The first kappa shape index (κ1) is 26.3. The number of urea groups is 1. The minimum atomic E-state index is -0.756. The average molecular weight is 521 g/mol. The van der Waals surface area contributed by atoms with Crippen LogP contribution in [0, 0.1) is 18.6 Å². The smallest absolute Gasteiger partial charge is 0.324 e. The maximum absolute atomic E-state index is 13.9. The number of halogens is 2. The van der Waals surface area contributed by atoms with Gasteiger partial charge in [0.25, 0.3) is 5.91 Å². The second-order valence-corrected chi connectivity index (χ2v) is 8.71. The van der Waals surface area contributed by atoms with Crippen LogP contribution in [0.1, 0.15) is 41.5 Å². The fraction of sp³-hybridized carbons (Fsp3) is 0.185. The number of aromatic nitrogens is 3. The van der Waals surface area contributed by atoms with Crippen LogP contribution in [-0.4, -0.2) is 33.8 Å². The van der Waals surface area contributed by atoms with E-state index in [-0.39, 0.29) is 23.2 Å². The third-order valence-corrected chi connectivity index (χ3v) is 5.57. The van der Waals surface area contributed by atoms with E-state index in [2.05, 4.69) is 26.0 Å². The van der Waals surface area contributed by atoms with Gasteiger partial charge in [-0.1, -0.05) is 13.8 Å². The Morgan fingerprint density at radius 2 is 1.63 bits per heavy atom. The van der Waals surface area contributed by atoms with Crippen LogP contribution in [0.3, 0.4) is 0 Å². The van der Waals surface area contributed by atoms with E-state index in [1.807, 2.05) is 13.8 Å². The number of anilines is 2. The van der Waals surface area contributed by atoms with Crippen molar-refractivity contribution in [1.82, 2.24) is 20.1 Å². The summed E-state index contributed by atoms with van der Waals surface area (Å²) in [6.45, 7) is 5.65. The summed E-state index contributed by atoms with van der Waals surface area (Å²) < 4.78 is 34.9. The lowest BCUT2D eigenvalue weighted by Gasteiger charge is -2.12. The molecule has 11 heteroatoms. The molecular weight excluding hydrogens is 494 g/mol. The van der Waals surface area contributed by atoms with Crippen molar-refractivity contribution in [2.75, 3.05) is 17.7 Å². The number of hydrogen-bond donors (Lipinski definition) is 3. The number of ether oxygens (including phenoxy) is 1. The molecule has 0 unspecified atom stereocenters. The van der Waals surface area contributed by atoms with Gasteiger partial charge in [-0.2, -0.15) is 5.10 Å². The first-order chi connectivity index (χ1) is 18.1. The highest BCUT2D eigenvalue weighted by molar-refractivity contribution is 6.00. The molecule has 0 saturated carbocycles. The molecule has 0 bridgehead atoms. The molecule has 0 aliphatic heterocycles. The van der Waals surface area contributed by atoms with Crippen molar-refractivity contribution >= 4 is 23.4 Å². The Labute approximate surface area is 217 Å². The molecule has 0 spiro atoms. The monoisotopic (exact) mass is 520 g/mol. The molecule has 2 aromatic heterocycles. The minimum Gasteiger partial charge on any atom is -0.457 e. The summed E-state index contributed by atoms with van der Waals surface area (Å²) in [6, 6.07) is 12.2. The van der Waals surface area contributed by atoms with E-state index in [0.717, 1.165) is 18.2 Å². The zero-order chi connectivity index (χ0) is 27.4. The van der Waals surface area contributed by atoms with E-state index in [9.17, 15) is 18.4 Å². The predicted molar refractivity (Wildman–Crippen MR) is 139 cm³/mol. The molecule has 0 radical (unpaired) electrons. The molecule has 4 aromatic rings. The molecule has 0 atom stereocenters. The summed E-state index contributed by atoms with van der Waals surface area (Å²) in [4.78, 5) is 28.6. The number of pyridine rings is 1. The maximum atomic E-state index is 13.9. The number of nitrogens with one attached hydrogen (secondary N) is 3. The lowest BCUT2D eigenvalue weighted by molar-refractivity contribution is 0.0957. The summed E-state index contributed by atoms with van der Waals surface area (Å²) in [6.07, 6.45) is 1.47. The first-order valence-electron chi connectivity index (χ1n) is 11.7. The third-order valence-electron chi connectivity index (χ3n) is 5.57. The summed E-state index contributed by atoms with van der Waals surface area (Å²) >= 11 is 0. The van der Waals surface area contributed by atoms with Crippen molar-refractivity contribution < 1.29 is 23.1 Å². The van der Waals surface area contributed by atoms with Crippen molar-refractivity contribution in [3.8, 4) is 17.2 Å². The normalized spacial score (nSPS) is 10.8. The molecule has 196 valence electrons. The third kappa shape index (κ3) is 5.94. The van der Waals surface area contributed by atoms with Gasteiger partial charge in [0, 0.05) is 36.6 Å². The summed E-state index contributed by atoms with van der Waals surface area (Å²) in [5.41, 5.74) is 2.19. The van der Waals surface area contributed by atoms with E-state index in [1.54, 1.807) is 37.3 Å². The Bertz CT molecular complexity index is 1460. The van der Waals surface area contributed by atoms with Crippen LogP contribution >= 0.6 is 0 Å². The highest BCUT2D eigenvalue weighted by atomic mass is 19.1. The highest BCUT2D eigenvalue weighted by Gasteiger charge is 2.20. The Balaban J connectivity index is 1.50. The Morgan fingerprint density at radius 1 is 0.947 bits per heavy atom. The standard InChI is InChI=1S/C27H26F2N6O3/c1-15(2)24-16(3)25(35(34-24)20-12-17(28)11-18(29)13-20)33-27(37)32-19-5-7-21(8-6-19)38-22-9-10-31-23(14-22)26(36)30-4/h5-15H,1-4H3,(H,30,36)(H2,32,33,37). The predicted octanol–water partition coefficient (Wildman–Crippen LogP) is 5.77. The summed E-state index contributed by atoms with van der Waals surface area (Å²) in [5, 5.41) is 12.5. The number of hydrogen-bond acceptors (Lipinski definition) is 5. The molecule has 0 aliphatic rings. The Kier molecular flexibility index (Phi) is 7.66. The molecule has 2 heterocycles. The number of benzene rings is 2. The van der Waals surface area contributed by atoms with Gasteiger partial charge in [-0.25, -0.2) is 18.3 Å². The van der Waals surface area contributed by atoms with Crippen LogP contribution in [-0.2, 0) is 0 Å². The molecule has 38 heavy (non-hydrogen) atoms. The van der Waals surface area contributed by atoms with Crippen molar-refractivity contribution in [3.63, 3.8) is 0 Å². The van der Waals surface area contributed by atoms with Gasteiger partial charge in [0.1, 0.15) is 34.6 Å². The van der Waals surface area contributed by atoms with Crippen LogP contribution in [0.25, 0.3) is 5.69 Å². The molecule has 3 N–H and O–H groups in total. The molecule has 0 fully saturated rings. The van der Waals surface area contributed by atoms with Crippen molar-refractivity contribution in [2.24, 2.45) is 0 Å². The van der Waals surface area contributed by atoms with Gasteiger partial charge in [-0.3, -0.25) is 15.1 Å². The molecule has 4 rings (SSSR count). The van der Waals surface area contributed by atoms with Crippen LogP contribution in [0.5, 0.6) is 11.5 Å². The number of rotatable bonds is 7. The van der Waals surface area contributed by atoms with Gasteiger partial charge in [-0.05, 0) is 55.3 Å². The van der Waals surface area contributed by atoms with Crippen LogP contribution in [0.15, 0.2) is 60.8 Å². The van der Waals surface area contributed by atoms with Crippen molar-refractivity contribution in [3.05, 3.63) is 89.4 Å². The molecular formula is C27H26F2N6O3. The second kappa shape index (κ2) is 11.1. The number of amides is 3. The van der Waals surface area contributed by atoms with Crippen molar-refractivity contribution in [2.45, 2.75) is 26.7 Å². The van der Waals surface area contributed by atoms with Crippen molar-refractivity contribution in [1.29, 1.82) is 0 Å². The maximum Gasteiger partial charge on any atom is 0.324 e. The molecule has 2 aromatic carbocycles. The average Bonchev–Trinajstić information content (AvgIpc) is 3.20. The quantitative estimate of drug-likeness (QED) is 0.286. The van der Waals surface area contributed by atoms with Gasteiger partial charge >= 0.3 is 6.03 Å². The summed E-state index contributed by atoms with van der Waals surface area (Å²) in [5.74, 6) is -0.633. The molecule has 3 amide bonds. The van der Waals surface area contributed by atoms with E-state index in [1.165, 1.54) is 24.0 Å². The topological polar surface area (TPSA) is 110 Å². The summed E-state index contributed by atoms with van der Waals surface area (Å²) in [7, 11) is 1.51. The van der Waals surface area contributed by atoms with Gasteiger partial charge in [0.2, 0.25) is 0 Å². The fourth-order valence-corrected chi connectivity index (χ4v) is 3.80. The lowest BCUT2D eigenvalue weighted by Crippen LogP contribution is -2.22. The lowest BCUT2D eigenvalue weighted by atomic mass is 10.1. The van der Waals surface area contributed by atoms with E-state index in [0.29, 0.717) is 34.3 Å². The molecule has 9 nitrogen and oxygen atoms in total. The molecule has 0 saturated heterocycles. The van der Waals surface area contributed by atoms with Gasteiger partial charge in [0.15, 0.2) is 0 Å². The minimum absolute atomic E-state index is 0.0126. The zero-order valence-electron chi connectivity index (χ0n) is 21.2. The largest absolute Gasteiger partial charge is 0.457 e. The second-order valence-electron chi connectivity index (χ2n) is 8.71. The Hall–Kier alpha value is -4.80. The number of carbonyl (C=O) groups excluding carboxylic acids is 2. The van der Waals surface area contributed by atoms with E-state index >= 15 is 0 Å². The highest BCUT2D eigenvalue weighted by Crippen LogP contribution is 2.29. The molecule has 0 aliphatic carbocycles. The zero-order valence-corrected chi connectivity index (χ0v) is 21.2.